The van der Waals surface area contributed by atoms with Gasteiger partial charge in [-0.15, -0.1) is 0 Å². The molecular formula is C15H21NO3. The van der Waals surface area contributed by atoms with E-state index in [4.69, 9.17) is 19.6 Å². The molecule has 104 valence electrons. The Morgan fingerprint density at radius 1 is 1.16 bits per heavy atom. The molecule has 0 atom stereocenters. The SMILES string of the molecule is COc1cc(OC)c2c(C(C)(C)C)c(CN)oc2c1. The van der Waals surface area contributed by atoms with E-state index < -0.39 is 0 Å². The Bertz CT molecular complexity index is 593. The van der Waals surface area contributed by atoms with Crippen LogP contribution in [0.5, 0.6) is 11.5 Å². The summed E-state index contributed by atoms with van der Waals surface area (Å²) in [4.78, 5) is 0. The number of methoxy groups -OCH3 is 2. The number of hydrogen-bond acceptors (Lipinski definition) is 4. The van der Waals surface area contributed by atoms with Gasteiger partial charge in [-0.2, -0.15) is 0 Å². The number of furan rings is 1. The molecule has 0 radical (unpaired) electrons. The molecule has 0 aliphatic heterocycles. The number of benzene rings is 1. The van der Waals surface area contributed by atoms with Crippen LogP contribution >= 0.6 is 0 Å². The van der Waals surface area contributed by atoms with Crippen LogP contribution in [0.15, 0.2) is 16.5 Å². The molecule has 0 amide bonds. The highest BCUT2D eigenvalue weighted by atomic mass is 16.5. The summed E-state index contributed by atoms with van der Waals surface area (Å²) in [6.45, 7) is 6.78. The molecule has 2 rings (SSSR count). The van der Waals surface area contributed by atoms with E-state index in [9.17, 15) is 0 Å². The van der Waals surface area contributed by atoms with E-state index in [-0.39, 0.29) is 5.41 Å². The topological polar surface area (TPSA) is 57.6 Å². The van der Waals surface area contributed by atoms with Crippen LogP contribution in [0, 0.1) is 0 Å². The summed E-state index contributed by atoms with van der Waals surface area (Å²) in [6.07, 6.45) is 0. The maximum atomic E-state index is 5.87. The van der Waals surface area contributed by atoms with E-state index in [2.05, 4.69) is 20.8 Å². The van der Waals surface area contributed by atoms with E-state index in [1.165, 1.54) is 0 Å². The first-order valence-corrected chi connectivity index (χ1v) is 6.30. The third-order valence-corrected chi connectivity index (χ3v) is 3.19. The molecule has 1 heterocycles. The molecule has 0 saturated heterocycles. The predicted octanol–water partition coefficient (Wildman–Crippen LogP) is 3.21. The number of hydrogen-bond donors (Lipinski definition) is 1. The molecule has 1 aromatic heterocycles. The molecule has 2 N–H and O–H groups in total. The lowest BCUT2D eigenvalue weighted by Gasteiger charge is -2.19. The Morgan fingerprint density at radius 2 is 1.84 bits per heavy atom. The van der Waals surface area contributed by atoms with Crippen molar-refractivity contribution in [3.63, 3.8) is 0 Å². The summed E-state index contributed by atoms with van der Waals surface area (Å²) in [5.74, 6) is 2.26. The zero-order valence-corrected chi connectivity index (χ0v) is 12.2. The Kier molecular flexibility index (Phi) is 3.45. The van der Waals surface area contributed by atoms with Gasteiger partial charge < -0.3 is 19.6 Å². The van der Waals surface area contributed by atoms with Gasteiger partial charge >= 0.3 is 0 Å². The number of rotatable bonds is 3. The van der Waals surface area contributed by atoms with Crippen molar-refractivity contribution < 1.29 is 13.9 Å². The first-order chi connectivity index (χ1) is 8.92. The summed E-state index contributed by atoms with van der Waals surface area (Å²) in [5, 5.41) is 0.983. The van der Waals surface area contributed by atoms with Crippen molar-refractivity contribution in [2.24, 2.45) is 5.73 Å². The van der Waals surface area contributed by atoms with E-state index in [0.29, 0.717) is 12.3 Å². The van der Waals surface area contributed by atoms with Gasteiger partial charge in [0.05, 0.1) is 26.2 Å². The smallest absolute Gasteiger partial charge is 0.142 e. The van der Waals surface area contributed by atoms with Gasteiger partial charge in [0, 0.05) is 17.7 Å². The molecule has 19 heavy (non-hydrogen) atoms. The summed E-state index contributed by atoms with van der Waals surface area (Å²) in [7, 11) is 3.27. The largest absolute Gasteiger partial charge is 0.496 e. The minimum atomic E-state index is -0.0676. The maximum absolute atomic E-state index is 5.87. The summed E-state index contributed by atoms with van der Waals surface area (Å²) in [5.41, 5.74) is 7.59. The zero-order chi connectivity index (χ0) is 14.2. The van der Waals surface area contributed by atoms with Gasteiger partial charge in [0.25, 0.3) is 0 Å². The van der Waals surface area contributed by atoms with Gasteiger partial charge in [-0.25, -0.2) is 0 Å². The van der Waals surface area contributed by atoms with Gasteiger partial charge in [-0.1, -0.05) is 20.8 Å². The molecule has 0 fully saturated rings. The Morgan fingerprint density at radius 3 is 2.32 bits per heavy atom. The second-order valence-corrected chi connectivity index (χ2v) is 5.56. The molecule has 0 spiro atoms. The number of ether oxygens (including phenoxy) is 2. The molecule has 0 saturated carbocycles. The van der Waals surface area contributed by atoms with Crippen LogP contribution in [0.3, 0.4) is 0 Å². The predicted molar refractivity (Wildman–Crippen MR) is 75.9 cm³/mol. The lowest BCUT2D eigenvalue weighted by molar-refractivity contribution is 0.396. The fourth-order valence-electron chi connectivity index (χ4n) is 2.43. The highest BCUT2D eigenvalue weighted by Gasteiger charge is 2.27. The van der Waals surface area contributed by atoms with Crippen LogP contribution in [0.25, 0.3) is 11.0 Å². The highest BCUT2D eigenvalue weighted by Crippen LogP contribution is 2.42. The first-order valence-electron chi connectivity index (χ1n) is 6.30. The van der Waals surface area contributed by atoms with Crippen LogP contribution in [0.1, 0.15) is 32.1 Å². The lowest BCUT2D eigenvalue weighted by atomic mass is 9.84. The van der Waals surface area contributed by atoms with Gasteiger partial charge in [-0.05, 0) is 5.41 Å². The van der Waals surface area contributed by atoms with Crippen molar-refractivity contribution in [1.29, 1.82) is 0 Å². The fourth-order valence-corrected chi connectivity index (χ4v) is 2.43. The highest BCUT2D eigenvalue weighted by molar-refractivity contribution is 5.91. The molecule has 2 aromatic rings. The van der Waals surface area contributed by atoms with Crippen molar-refractivity contribution >= 4 is 11.0 Å². The maximum Gasteiger partial charge on any atom is 0.142 e. The number of nitrogens with two attached hydrogens (primary N) is 1. The molecule has 1 aromatic carbocycles. The average molecular weight is 263 g/mol. The van der Waals surface area contributed by atoms with Crippen LogP contribution in [-0.4, -0.2) is 14.2 Å². The van der Waals surface area contributed by atoms with Crippen molar-refractivity contribution in [2.45, 2.75) is 32.7 Å². The second-order valence-electron chi connectivity index (χ2n) is 5.56. The number of fused-ring (bicyclic) bond motifs is 1. The van der Waals surface area contributed by atoms with E-state index in [1.807, 2.05) is 12.1 Å². The lowest BCUT2D eigenvalue weighted by Crippen LogP contribution is -2.14. The summed E-state index contributed by atoms with van der Waals surface area (Å²) < 4.78 is 16.6. The molecule has 0 aliphatic rings. The van der Waals surface area contributed by atoms with Gasteiger partial charge in [0.1, 0.15) is 22.8 Å². The van der Waals surface area contributed by atoms with E-state index in [0.717, 1.165) is 28.0 Å². The third kappa shape index (κ3) is 2.28. The quantitative estimate of drug-likeness (QED) is 0.923. The molecule has 0 bridgehead atoms. The second kappa shape index (κ2) is 4.78. The van der Waals surface area contributed by atoms with E-state index in [1.54, 1.807) is 14.2 Å². The molecule has 0 aliphatic carbocycles. The van der Waals surface area contributed by atoms with Crippen LogP contribution in [-0.2, 0) is 12.0 Å². The normalized spacial score (nSPS) is 11.9. The molecule has 4 heteroatoms. The van der Waals surface area contributed by atoms with Crippen molar-refractivity contribution in [3.05, 3.63) is 23.5 Å². The Balaban J connectivity index is 2.86. The fraction of sp³-hybridized carbons (Fsp3) is 0.467. The molecule has 4 nitrogen and oxygen atoms in total. The van der Waals surface area contributed by atoms with Crippen molar-refractivity contribution in [3.8, 4) is 11.5 Å². The molecular weight excluding hydrogens is 242 g/mol. The van der Waals surface area contributed by atoms with Gasteiger partial charge in [0.2, 0.25) is 0 Å². The Hall–Kier alpha value is -1.68. The summed E-state index contributed by atoms with van der Waals surface area (Å²) in [6, 6.07) is 3.74. The average Bonchev–Trinajstić information content (AvgIpc) is 2.75. The van der Waals surface area contributed by atoms with Crippen molar-refractivity contribution in [1.82, 2.24) is 0 Å². The summed E-state index contributed by atoms with van der Waals surface area (Å²) >= 11 is 0. The first kappa shape index (κ1) is 13.7. The van der Waals surface area contributed by atoms with E-state index >= 15 is 0 Å². The van der Waals surface area contributed by atoms with Crippen molar-refractivity contribution in [2.75, 3.05) is 14.2 Å². The monoisotopic (exact) mass is 263 g/mol. The van der Waals surface area contributed by atoms with Crippen LogP contribution in [0.4, 0.5) is 0 Å². The minimum Gasteiger partial charge on any atom is -0.496 e. The standard InChI is InChI=1S/C15H21NO3/c1-15(2,3)14-12(8-16)19-11-7-9(17-4)6-10(18-5)13(11)14/h6-7H,8,16H2,1-5H3. The Labute approximate surface area is 113 Å². The van der Waals surface area contributed by atoms with Crippen LogP contribution < -0.4 is 15.2 Å². The molecule has 0 unspecified atom stereocenters. The van der Waals surface area contributed by atoms with Gasteiger partial charge in [0.15, 0.2) is 0 Å². The zero-order valence-electron chi connectivity index (χ0n) is 12.2. The minimum absolute atomic E-state index is 0.0676. The van der Waals surface area contributed by atoms with Gasteiger partial charge in [-0.3, -0.25) is 0 Å². The van der Waals surface area contributed by atoms with Crippen LogP contribution in [0.2, 0.25) is 0 Å². The third-order valence-electron chi connectivity index (χ3n) is 3.19.